The van der Waals surface area contributed by atoms with Crippen LogP contribution in [-0.2, 0) is 0 Å². The molecule has 0 bridgehead atoms. The van der Waals surface area contributed by atoms with Crippen LogP contribution < -0.4 is 14.8 Å². The third kappa shape index (κ3) is 4.17. The molecule has 142 valence electrons. The van der Waals surface area contributed by atoms with Crippen molar-refractivity contribution in [2.24, 2.45) is 0 Å². The van der Waals surface area contributed by atoms with Crippen molar-refractivity contribution in [2.45, 2.75) is 12.3 Å². The average molecular weight is 373 g/mol. The second kappa shape index (κ2) is 8.61. The summed E-state index contributed by atoms with van der Waals surface area (Å²) in [5.74, 6) is 1.46. The molecule has 0 fully saturated rings. The van der Waals surface area contributed by atoms with Crippen LogP contribution in [0.25, 0.3) is 0 Å². The predicted octanol–water partition coefficient (Wildman–Crippen LogP) is 4.41. The molecule has 1 N–H and O–H groups in total. The number of fused-ring (bicyclic) bond motifs is 1. The first-order valence-corrected chi connectivity index (χ1v) is 9.59. The Kier molecular flexibility index (Phi) is 5.57. The first-order valence-electron chi connectivity index (χ1n) is 9.59. The number of ether oxygens (including phenoxy) is 2. The normalized spacial score (nSPS) is 12.6. The summed E-state index contributed by atoms with van der Waals surface area (Å²) in [4.78, 5) is 12.6. The number of rotatable bonds is 6. The monoisotopic (exact) mass is 373 g/mol. The van der Waals surface area contributed by atoms with Gasteiger partial charge in [0.25, 0.3) is 5.91 Å². The van der Waals surface area contributed by atoms with E-state index in [0.717, 1.165) is 6.42 Å². The zero-order chi connectivity index (χ0) is 19.2. The summed E-state index contributed by atoms with van der Waals surface area (Å²) in [6.45, 7) is 1.63. The van der Waals surface area contributed by atoms with Crippen LogP contribution in [0.5, 0.6) is 11.5 Å². The molecule has 0 unspecified atom stereocenters. The molecule has 0 saturated heterocycles. The molecule has 0 atom stereocenters. The Morgan fingerprint density at radius 1 is 0.821 bits per heavy atom. The molecule has 4 rings (SSSR count). The fourth-order valence-corrected chi connectivity index (χ4v) is 3.51. The largest absolute Gasteiger partial charge is 0.486 e. The van der Waals surface area contributed by atoms with Crippen molar-refractivity contribution in [1.82, 2.24) is 5.32 Å². The lowest BCUT2D eigenvalue weighted by atomic mass is 9.88. The van der Waals surface area contributed by atoms with E-state index in [1.165, 1.54) is 11.1 Å². The molecule has 4 heteroatoms. The molecular weight excluding hydrogens is 350 g/mol. The average Bonchev–Trinajstić information content (AvgIpc) is 2.77. The molecule has 28 heavy (non-hydrogen) atoms. The van der Waals surface area contributed by atoms with E-state index < -0.39 is 0 Å². The molecule has 3 aromatic rings. The Morgan fingerprint density at radius 2 is 1.43 bits per heavy atom. The Balaban J connectivity index is 1.43. The Bertz CT molecular complexity index is 886. The molecule has 4 nitrogen and oxygen atoms in total. The predicted molar refractivity (Wildman–Crippen MR) is 109 cm³/mol. The summed E-state index contributed by atoms with van der Waals surface area (Å²) in [5, 5.41) is 3.04. The highest BCUT2D eigenvalue weighted by atomic mass is 16.6. The van der Waals surface area contributed by atoms with Crippen molar-refractivity contribution in [1.29, 1.82) is 0 Å². The van der Waals surface area contributed by atoms with E-state index in [9.17, 15) is 4.79 Å². The number of nitrogens with one attached hydrogen (secondary N) is 1. The van der Waals surface area contributed by atoms with Crippen molar-refractivity contribution < 1.29 is 14.3 Å². The molecule has 0 saturated carbocycles. The number of hydrogen-bond donors (Lipinski definition) is 1. The Hall–Kier alpha value is -3.27. The summed E-state index contributed by atoms with van der Waals surface area (Å²) >= 11 is 0. The Morgan fingerprint density at radius 3 is 2.07 bits per heavy atom. The number of carbonyl (C=O) groups is 1. The second-order valence-electron chi connectivity index (χ2n) is 6.78. The van der Waals surface area contributed by atoms with E-state index in [4.69, 9.17) is 9.47 Å². The van der Waals surface area contributed by atoms with Gasteiger partial charge in [0, 0.05) is 18.0 Å². The molecule has 0 aromatic heterocycles. The van der Waals surface area contributed by atoms with Crippen molar-refractivity contribution in [3.05, 3.63) is 95.6 Å². The lowest BCUT2D eigenvalue weighted by molar-refractivity contribution is 0.0951. The highest BCUT2D eigenvalue weighted by Crippen LogP contribution is 2.31. The maximum atomic E-state index is 12.6. The molecule has 1 heterocycles. The Labute approximate surface area is 165 Å². The van der Waals surface area contributed by atoms with Crippen molar-refractivity contribution in [2.75, 3.05) is 19.8 Å². The molecular formula is C24H23NO3. The minimum absolute atomic E-state index is 0.100. The summed E-state index contributed by atoms with van der Waals surface area (Å²) in [5.41, 5.74) is 3.09. The van der Waals surface area contributed by atoms with E-state index in [-0.39, 0.29) is 11.8 Å². The SMILES string of the molecule is O=C(NCCC(c1ccccc1)c1ccccc1)c1ccc2c(c1)OCCO2. The summed E-state index contributed by atoms with van der Waals surface area (Å²) in [6.07, 6.45) is 0.824. The van der Waals surface area contributed by atoms with Crippen LogP contribution in [-0.4, -0.2) is 25.7 Å². The first-order chi connectivity index (χ1) is 13.8. The molecule has 0 radical (unpaired) electrons. The van der Waals surface area contributed by atoms with Crippen LogP contribution in [0, 0.1) is 0 Å². The van der Waals surface area contributed by atoms with Gasteiger partial charge in [0.15, 0.2) is 11.5 Å². The van der Waals surface area contributed by atoms with E-state index in [1.807, 2.05) is 12.1 Å². The number of carbonyl (C=O) groups excluding carboxylic acids is 1. The van der Waals surface area contributed by atoms with Gasteiger partial charge in [-0.2, -0.15) is 0 Å². The summed E-state index contributed by atoms with van der Waals surface area (Å²) in [6, 6.07) is 26.1. The van der Waals surface area contributed by atoms with Gasteiger partial charge in [-0.1, -0.05) is 60.7 Å². The zero-order valence-electron chi connectivity index (χ0n) is 15.6. The van der Waals surface area contributed by atoms with Gasteiger partial charge < -0.3 is 14.8 Å². The minimum Gasteiger partial charge on any atom is -0.486 e. The van der Waals surface area contributed by atoms with Gasteiger partial charge in [0.2, 0.25) is 0 Å². The van der Waals surface area contributed by atoms with Crippen LogP contribution in [0.4, 0.5) is 0 Å². The number of benzene rings is 3. The lowest BCUT2D eigenvalue weighted by Crippen LogP contribution is -2.26. The van der Waals surface area contributed by atoms with Crippen molar-refractivity contribution >= 4 is 5.91 Å². The van der Waals surface area contributed by atoms with E-state index in [2.05, 4.69) is 53.8 Å². The number of hydrogen-bond acceptors (Lipinski definition) is 3. The number of amides is 1. The van der Waals surface area contributed by atoms with Gasteiger partial charge in [-0.25, -0.2) is 0 Å². The van der Waals surface area contributed by atoms with Crippen LogP contribution in [0.1, 0.15) is 33.8 Å². The zero-order valence-corrected chi connectivity index (χ0v) is 15.6. The molecule has 0 spiro atoms. The quantitative estimate of drug-likeness (QED) is 0.696. The molecule has 0 aliphatic carbocycles. The van der Waals surface area contributed by atoms with Gasteiger partial charge in [-0.3, -0.25) is 4.79 Å². The molecule has 1 amide bonds. The molecule has 1 aliphatic heterocycles. The van der Waals surface area contributed by atoms with Gasteiger partial charge in [-0.15, -0.1) is 0 Å². The maximum Gasteiger partial charge on any atom is 0.251 e. The molecule has 1 aliphatic rings. The van der Waals surface area contributed by atoms with Crippen LogP contribution in [0.2, 0.25) is 0 Å². The fourth-order valence-electron chi connectivity index (χ4n) is 3.51. The van der Waals surface area contributed by atoms with Crippen LogP contribution in [0.15, 0.2) is 78.9 Å². The van der Waals surface area contributed by atoms with Crippen molar-refractivity contribution in [3.63, 3.8) is 0 Å². The summed E-state index contributed by atoms with van der Waals surface area (Å²) < 4.78 is 11.1. The smallest absolute Gasteiger partial charge is 0.251 e. The summed E-state index contributed by atoms with van der Waals surface area (Å²) in [7, 11) is 0. The van der Waals surface area contributed by atoms with Crippen LogP contribution in [0.3, 0.4) is 0 Å². The lowest BCUT2D eigenvalue weighted by Gasteiger charge is -2.20. The van der Waals surface area contributed by atoms with Gasteiger partial charge in [0.05, 0.1) is 0 Å². The standard InChI is InChI=1S/C24H23NO3/c26-24(20-11-12-22-23(17-20)28-16-15-27-22)25-14-13-21(18-7-3-1-4-8-18)19-9-5-2-6-10-19/h1-12,17,21H,13-16H2,(H,25,26). The minimum atomic E-state index is -0.100. The highest BCUT2D eigenvalue weighted by Gasteiger charge is 2.17. The topological polar surface area (TPSA) is 47.6 Å². The van der Waals surface area contributed by atoms with Gasteiger partial charge in [-0.05, 0) is 35.7 Å². The van der Waals surface area contributed by atoms with Gasteiger partial charge in [0.1, 0.15) is 13.2 Å². The molecule has 3 aromatic carbocycles. The van der Waals surface area contributed by atoms with Crippen molar-refractivity contribution in [3.8, 4) is 11.5 Å². The third-order valence-electron chi connectivity index (χ3n) is 4.93. The third-order valence-corrected chi connectivity index (χ3v) is 4.93. The first kappa shape index (κ1) is 18.1. The van der Waals surface area contributed by atoms with Gasteiger partial charge >= 0.3 is 0 Å². The van der Waals surface area contributed by atoms with Crippen LogP contribution >= 0.6 is 0 Å². The second-order valence-corrected chi connectivity index (χ2v) is 6.78. The fraction of sp³-hybridized carbons (Fsp3) is 0.208. The van der Waals surface area contributed by atoms with E-state index in [1.54, 1.807) is 18.2 Å². The highest BCUT2D eigenvalue weighted by molar-refractivity contribution is 5.94. The van der Waals surface area contributed by atoms with E-state index in [0.29, 0.717) is 36.8 Å². The maximum absolute atomic E-state index is 12.6. The van der Waals surface area contributed by atoms with E-state index >= 15 is 0 Å².